The Morgan fingerprint density at radius 3 is 2.56 bits per heavy atom. The van der Waals surface area contributed by atoms with E-state index in [0.717, 1.165) is 12.2 Å². The Kier molecular flexibility index (Phi) is 8.94. The Hall–Kier alpha value is -1.07. The van der Waals surface area contributed by atoms with Gasteiger partial charge < -0.3 is 15.2 Å². The van der Waals surface area contributed by atoms with Gasteiger partial charge in [-0.15, -0.1) is 34.2 Å². The highest BCUT2D eigenvalue weighted by atomic mass is 127. The second kappa shape index (κ2) is 10.2. The largest absolute Gasteiger partial charge is 0.391 e. The van der Waals surface area contributed by atoms with Crippen molar-refractivity contribution >= 4 is 29.9 Å². The lowest BCUT2D eigenvalue weighted by molar-refractivity contribution is -0.182. The van der Waals surface area contributed by atoms with Crippen LogP contribution in [0.3, 0.4) is 0 Å². The van der Waals surface area contributed by atoms with E-state index in [1.807, 2.05) is 11.5 Å². The fourth-order valence-electron chi connectivity index (χ4n) is 2.99. The molecule has 144 valence electrons. The van der Waals surface area contributed by atoms with Gasteiger partial charge in [0.25, 0.3) is 0 Å². The molecule has 0 bridgehead atoms. The molecule has 1 heterocycles. The van der Waals surface area contributed by atoms with Gasteiger partial charge in [0.05, 0.1) is 5.92 Å². The van der Waals surface area contributed by atoms with Gasteiger partial charge in [-0.2, -0.15) is 13.2 Å². The molecule has 0 aliphatic heterocycles. The highest BCUT2D eigenvalue weighted by Gasteiger charge is 2.41. The molecule has 0 radical (unpaired) electrons. The van der Waals surface area contributed by atoms with Crippen molar-refractivity contribution in [1.29, 1.82) is 0 Å². The standard InChI is InChI=1S/C15H25F3N6.HI/c1-3-13-23-21-10-24(13)9-8-20-14(19-2)22-12-6-4-11(5-7-12)15(16,17)18;/h10-12H,3-9H2,1-2H3,(H2,19,20,22);1H. The van der Waals surface area contributed by atoms with Crippen molar-refractivity contribution in [3.8, 4) is 0 Å². The molecule has 0 unspecified atom stereocenters. The maximum Gasteiger partial charge on any atom is 0.391 e. The van der Waals surface area contributed by atoms with E-state index in [9.17, 15) is 13.2 Å². The first-order valence-electron chi connectivity index (χ1n) is 8.34. The Morgan fingerprint density at radius 1 is 1.32 bits per heavy atom. The summed E-state index contributed by atoms with van der Waals surface area (Å²) in [6.07, 6.45) is -0.185. The van der Waals surface area contributed by atoms with Gasteiger partial charge in [-0.25, -0.2) is 0 Å². The van der Waals surface area contributed by atoms with E-state index in [0.29, 0.717) is 31.9 Å². The second-order valence-electron chi connectivity index (χ2n) is 6.03. The number of aromatic nitrogens is 3. The number of rotatable bonds is 5. The third-order valence-electron chi connectivity index (χ3n) is 4.41. The van der Waals surface area contributed by atoms with Crippen molar-refractivity contribution < 1.29 is 13.2 Å². The number of nitrogens with zero attached hydrogens (tertiary/aromatic N) is 4. The van der Waals surface area contributed by atoms with Crippen LogP contribution < -0.4 is 10.6 Å². The van der Waals surface area contributed by atoms with E-state index in [1.165, 1.54) is 0 Å². The van der Waals surface area contributed by atoms with Gasteiger partial charge >= 0.3 is 6.18 Å². The van der Waals surface area contributed by atoms with Gasteiger partial charge in [0.1, 0.15) is 12.2 Å². The van der Waals surface area contributed by atoms with Crippen molar-refractivity contribution in [3.63, 3.8) is 0 Å². The van der Waals surface area contributed by atoms with Crippen LogP contribution in [-0.4, -0.2) is 46.5 Å². The molecule has 0 spiro atoms. The normalized spacial score (nSPS) is 21.6. The first-order chi connectivity index (χ1) is 11.4. The molecule has 0 amide bonds. The molecule has 2 rings (SSSR count). The molecule has 25 heavy (non-hydrogen) atoms. The van der Waals surface area contributed by atoms with Crippen molar-refractivity contribution in [2.45, 2.75) is 57.8 Å². The summed E-state index contributed by atoms with van der Waals surface area (Å²) in [5, 5.41) is 14.3. The lowest BCUT2D eigenvalue weighted by Gasteiger charge is -2.31. The van der Waals surface area contributed by atoms with Crippen molar-refractivity contribution in [3.05, 3.63) is 12.2 Å². The Bertz CT molecular complexity index is 538. The average Bonchev–Trinajstić information content (AvgIpc) is 3.01. The zero-order valence-corrected chi connectivity index (χ0v) is 16.8. The molecule has 2 N–H and O–H groups in total. The lowest BCUT2D eigenvalue weighted by Crippen LogP contribution is -2.46. The maximum atomic E-state index is 12.7. The van der Waals surface area contributed by atoms with Crippen LogP contribution in [0.15, 0.2) is 11.3 Å². The highest BCUT2D eigenvalue weighted by Crippen LogP contribution is 2.37. The van der Waals surface area contributed by atoms with E-state index in [4.69, 9.17) is 0 Å². The number of hydrogen-bond donors (Lipinski definition) is 2. The summed E-state index contributed by atoms with van der Waals surface area (Å²) < 4.78 is 40.0. The van der Waals surface area contributed by atoms with Crippen LogP contribution in [0.2, 0.25) is 0 Å². The smallest absolute Gasteiger partial charge is 0.355 e. The lowest BCUT2D eigenvalue weighted by atomic mass is 9.85. The second-order valence-corrected chi connectivity index (χ2v) is 6.03. The number of hydrogen-bond acceptors (Lipinski definition) is 3. The Balaban J connectivity index is 0.00000312. The summed E-state index contributed by atoms with van der Waals surface area (Å²) in [6, 6.07) is 0.0379. The van der Waals surface area contributed by atoms with Crippen LogP contribution in [-0.2, 0) is 13.0 Å². The van der Waals surface area contributed by atoms with E-state index in [1.54, 1.807) is 13.4 Å². The van der Waals surface area contributed by atoms with Crippen LogP contribution >= 0.6 is 24.0 Å². The molecule has 1 fully saturated rings. The number of alkyl halides is 3. The molecule has 1 saturated carbocycles. The van der Waals surface area contributed by atoms with E-state index < -0.39 is 12.1 Å². The summed E-state index contributed by atoms with van der Waals surface area (Å²) in [5.74, 6) is 0.383. The van der Waals surface area contributed by atoms with Gasteiger partial charge in [-0.1, -0.05) is 6.92 Å². The minimum absolute atomic E-state index is 0. The fraction of sp³-hybridized carbons (Fsp3) is 0.800. The third kappa shape index (κ3) is 6.63. The molecule has 1 aromatic heterocycles. The topological polar surface area (TPSA) is 67.1 Å². The number of aryl methyl sites for hydroxylation is 1. The molecular weight excluding hydrogens is 448 g/mol. The van der Waals surface area contributed by atoms with Gasteiger partial charge in [-0.05, 0) is 25.7 Å². The first-order valence-corrected chi connectivity index (χ1v) is 8.34. The number of guanidine groups is 1. The molecule has 0 aromatic carbocycles. The number of aliphatic imine (C=N–C) groups is 1. The summed E-state index contributed by atoms with van der Waals surface area (Å²) in [4.78, 5) is 4.14. The van der Waals surface area contributed by atoms with Crippen LogP contribution in [0.4, 0.5) is 13.2 Å². The molecule has 10 heteroatoms. The van der Waals surface area contributed by atoms with Crippen molar-refractivity contribution in [2.24, 2.45) is 10.9 Å². The zero-order valence-electron chi connectivity index (χ0n) is 14.5. The predicted octanol–water partition coefficient (Wildman–Crippen LogP) is 2.74. The summed E-state index contributed by atoms with van der Waals surface area (Å²) in [7, 11) is 1.66. The molecule has 0 saturated heterocycles. The van der Waals surface area contributed by atoms with Crippen LogP contribution in [0, 0.1) is 5.92 Å². The third-order valence-corrected chi connectivity index (χ3v) is 4.41. The van der Waals surface area contributed by atoms with Crippen LogP contribution in [0.25, 0.3) is 0 Å². The SMILES string of the molecule is CCc1nncn1CCNC(=NC)NC1CCC(C(F)(F)F)CC1.I. The minimum Gasteiger partial charge on any atom is -0.355 e. The molecule has 1 aliphatic rings. The van der Waals surface area contributed by atoms with Crippen molar-refractivity contribution in [2.75, 3.05) is 13.6 Å². The summed E-state index contributed by atoms with van der Waals surface area (Å²) in [6.45, 7) is 3.37. The minimum atomic E-state index is -4.07. The van der Waals surface area contributed by atoms with Gasteiger partial charge in [0.15, 0.2) is 5.96 Å². The predicted molar refractivity (Wildman–Crippen MR) is 101 cm³/mol. The Labute approximate surface area is 163 Å². The quantitative estimate of drug-likeness (QED) is 0.392. The first kappa shape index (κ1) is 22.0. The molecule has 6 nitrogen and oxygen atoms in total. The van der Waals surface area contributed by atoms with Crippen molar-refractivity contribution in [1.82, 2.24) is 25.4 Å². The average molecular weight is 474 g/mol. The fourth-order valence-corrected chi connectivity index (χ4v) is 2.99. The van der Waals surface area contributed by atoms with E-state index in [2.05, 4.69) is 25.8 Å². The number of halogens is 4. The summed E-state index contributed by atoms with van der Waals surface area (Å²) >= 11 is 0. The van der Waals surface area contributed by atoms with E-state index >= 15 is 0 Å². The van der Waals surface area contributed by atoms with Gasteiger partial charge in [0, 0.05) is 32.6 Å². The monoisotopic (exact) mass is 474 g/mol. The summed E-state index contributed by atoms with van der Waals surface area (Å²) in [5.41, 5.74) is 0. The Morgan fingerprint density at radius 2 is 2.00 bits per heavy atom. The molecule has 1 aromatic rings. The maximum absolute atomic E-state index is 12.7. The van der Waals surface area contributed by atoms with E-state index in [-0.39, 0.29) is 42.9 Å². The van der Waals surface area contributed by atoms with Gasteiger partial charge in [0.2, 0.25) is 0 Å². The highest BCUT2D eigenvalue weighted by molar-refractivity contribution is 14.0. The van der Waals surface area contributed by atoms with Gasteiger partial charge in [-0.3, -0.25) is 4.99 Å². The van der Waals surface area contributed by atoms with Crippen LogP contribution in [0.1, 0.15) is 38.4 Å². The molecular formula is C15H26F3IN6. The number of nitrogens with one attached hydrogen (secondary N) is 2. The molecule has 0 atom stereocenters. The zero-order chi connectivity index (χ0) is 17.6. The van der Waals surface area contributed by atoms with Crippen LogP contribution in [0.5, 0.6) is 0 Å². The molecule has 1 aliphatic carbocycles.